The molecule has 88 valence electrons. The third-order valence-electron chi connectivity index (χ3n) is 3.36. The number of nitrogens with zero attached hydrogens (tertiary/aromatic N) is 1. The van der Waals surface area contributed by atoms with Crippen LogP contribution in [0.4, 0.5) is 5.69 Å². The van der Waals surface area contributed by atoms with Crippen molar-refractivity contribution in [2.24, 2.45) is 0 Å². The molecule has 1 heterocycles. The van der Waals surface area contributed by atoms with Crippen LogP contribution >= 0.6 is 0 Å². The van der Waals surface area contributed by atoms with Gasteiger partial charge in [0.15, 0.2) is 0 Å². The van der Waals surface area contributed by atoms with Crippen LogP contribution in [-0.4, -0.2) is 30.9 Å². The summed E-state index contributed by atoms with van der Waals surface area (Å²) in [6, 6.07) is 6.20. The normalized spacial score (nSPS) is 19.8. The van der Waals surface area contributed by atoms with E-state index in [1.165, 1.54) is 11.3 Å². The van der Waals surface area contributed by atoms with E-state index in [-0.39, 0.29) is 6.04 Å². The van der Waals surface area contributed by atoms with Crippen LogP contribution in [0.15, 0.2) is 18.2 Å². The molecule has 3 heteroatoms. The second kappa shape index (κ2) is 3.67. The number of aliphatic hydroxyl groups is 1. The Labute approximate surface area is 96.6 Å². The smallest absolute Gasteiger partial charge is 0.119 e. The summed E-state index contributed by atoms with van der Waals surface area (Å²) < 4.78 is 5.21. The average molecular weight is 221 g/mol. The summed E-state index contributed by atoms with van der Waals surface area (Å²) in [4.78, 5) is 2.15. The van der Waals surface area contributed by atoms with Gasteiger partial charge in [-0.05, 0) is 44.0 Å². The lowest BCUT2D eigenvalue weighted by Crippen LogP contribution is -2.46. The van der Waals surface area contributed by atoms with Gasteiger partial charge in [-0.3, -0.25) is 0 Å². The molecule has 0 radical (unpaired) electrons. The molecule has 0 spiro atoms. The molecule has 3 nitrogen and oxygen atoms in total. The highest BCUT2D eigenvalue weighted by molar-refractivity contribution is 5.61. The maximum absolute atomic E-state index is 10.1. The van der Waals surface area contributed by atoms with Gasteiger partial charge in [-0.2, -0.15) is 0 Å². The highest BCUT2D eigenvalue weighted by Crippen LogP contribution is 2.37. The largest absolute Gasteiger partial charge is 0.497 e. The molecule has 0 fully saturated rings. The van der Waals surface area contributed by atoms with E-state index in [2.05, 4.69) is 17.0 Å². The van der Waals surface area contributed by atoms with Crippen molar-refractivity contribution in [2.45, 2.75) is 31.9 Å². The van der Waals surface area contributed by atoms with Crippen molar-refractivity contribution in [2.75, 3.05) is 19.1 Å². The SMILES string of the molecule is COc1ccc2c(c1)CC(C(C)(C)O)N2C. The molecule has 0 aromatic heterocycles. The van der Waals surface area contributed by atoms with Gasteiger partial charge in [0.2, 0.25) is 0 Å². The van der Waals surface area contributed by atoms with Gasteiger partial charge < -0.3 is 14.7 Å². The first kappa shape index (κ1) is 11.3. The summed E-state index contributed by atoms with van der Waals surface area (Å²) >= 11 is 0. The van der Waals surface area contributed by atoms with Gasteiger partial charge in [-0.1, -0.05) is 0 Å². The van der Waals surface area contributed by atoms with Crippen molar-refractivity contribution in [1.29, 1.82) is 0 Å². The molecular formula is C13H19NO2. The molecule has 2 rings (SSSR count). The second-order valence-electron chi connectivity index (χ2n) is 4.98. The molecule has 0 amide bonds. The molecule has 1 aliphatic rings. The number of hydrogen-bond donors (Lipinski definition) is 1. The Hall–Kier alpha value is -1.22. The topological polar surface area (TPSA) is 32.7 Å². The van der Waals surface area contributed by atoms with E-state index in [0.29, 0.717) is 0 Å². The highest BCUT2D eigenvalue weighted by atomic mass is 16.5. The number of likely N-dealkylation sites (N-methyl/N-ethyl adjacent to an activating group) is 1. The summed E-state index contributed by atoms with van der Waals surface area (Å²) in [6.45, 7) is 3.72. The van der Waals surface area contributed by atoms with Gasteiger partial charge in [0, 0.05) is 12.7 Å². The van der Waals surface area contributed by atoms with Gasteiger partial charge in [-0.15, -0.1) is 0 Å². The predicted molar refractivity (Wildman–Crippen MR) is 65.2 cm³/mol. The molecule has 1 atom stereocenters. The van der Waals surface area contributed by atoms with Crippen molar-refractivity contribution in [3.05, 3.63) is 23.8 Å². The lowest BCUT2D eigenvalue weighted by atomic mass is 9.95. The lowest BCUT2D eigenvalue weighted by molar-refractivity contribution is 0.0533. The second-order valence-corrected chi connectivity index (χ2v) is 4.98. The number of rotatable bonds is 2. The van der Waals surface area contributed by atoms with E-state index in [4.69, 9.17) is 4.74 Å². The maximum atomic E-state index is 10.1. The summed E-state index contributed by atoms with van der Waals surface area (Å²) in [5, 5.41) is 10.1. The van der Waals surface area contributed by atoms with E-state index in [0.717, 1.165) is 12.2 Å². The summed E-state index contributed by atoms with van der Waals surface area (Å²) in [6.07, 6.45) is 0.868. The number of anilines is 1. The first-order chi connectivity index (χ1) is 7.43. The fraction of sp³-hybridized carbons (Fsp3) is 0.538. The average Bonchev–Trinajstić information content (AvgIpc) is 2.55. The number of methoxy groups -OCH3 is 1. The number of hydrogen-bond acceptors (Lipinski definition) is 3. The van der Waals surface area contributed by atoms with E-state index in [1.807, 2.05) is 27.0 Å². The predicted octanol–water partition coefficient (Wildman–Crippen LogP) is 1.83. The molecule has 1 aliphatic heterocycles. The monoisotopic (exact) mass is 221 g/mol. The summed E-state index contributed by atoms with van der Waals surface area (Å²) in [5.74, 6) is 0.878. The van der Waals surface area contributed by atoms with Crippen LogP contribution in [0.1, 0.15) is 19.4 Å². The van der Waals surface area contributed by atoms with Crippen LogP contribution in [0.3, 0.4) is 0 Å². The van der Waals surface area contributed by atoms with Crippen LogP contribution in [-0.2, 0) is 6.42 Å². The fourth-order valence-corrected chi connectivity index (χ4v) is 2.43. The standard InChI is InChI=1S/C13H19NO2/c1-13(2,15)12-8-9-7-10(16-4)5-6-11(9)14(12)3/h5-7,12,15H,8H2,1-4H3. The lowest BCUT2D eigenvalue weighted by Gasteiger charge is -2.32. The Morgan fingerprint density at radius 1 is 1.44 bits per heavy atom. The molecule has 16 heavy (non-hydrogen) atoms. The Kier molecular flexibility index (Phi) is 2.58. The highest BCUT2D eigenvalue weighted by Gasteiger charge is 2.36. The quantitative estimate of drug-likeness (QED) is 0.827. The van der Waals surface area contributed by atoms with Crippen molar-refractivity contribution in [1.82, 2.24) is 0 Å². The Morgan fingerprint density at radius 2 is 2.12 bits per heavy atom. The van der Waals surface area contributed by atoms with Gasteiger partial charge in [0.05, 0.1) is 18.8 Å². The molecule has 1 N–H and O–H groups in total. The Morgan fingerprint density at radius 3 is 2.69 bits per heavy atom. The van der Waals surface area contributed by atoms with Crippen molar-refractivity contribution in [3.8, 4) is 5.75 Å². The maximum Gasteiger partial charge on any atom is 0.119 e. The van der Waals surface area contributed by atoms with Gasteiger partial charge in [0.25, 0.3) is 0 Å². The van der Waals surface area contributed by atoms with Crippen LogP contribution in [0.5, 0.6) is 5.75 Å². The molecule has 0 bridgehead atoms. The van der Waals surface area contributed by atoms with Gasteiger partial charge in [-0.25, -0.2) is 0 Å². The molecule has 0 saturated carbocycles. The molecular weight excluding hydrogens is 202 g/mol. The molecule has 0 saturated heterocycles. The zero-order chi connectivity index (χ0) is 11.9. The van der Waals surface area contributed by atoms with Crippen LogP contribution < -0.4 is 9.64 Å². The zero-order valence-corrected chi connectivity index (χ0v) is 10.3. The zero-order valence-electron chi connectivity index (χ0n) is 10.3. The van der Waals surface area contributed by atoms with Crippen LogP contribution in [0.2, 0.25) is 0 Å². The van der Waals surface area contributed by atoms with Crippen molar-refractivity contribution in [3.63, 3.8) is 0 Å². The van der Waals surface area contributed by atoms with Gasteiger partial charge >= 0.3 is 0 Å². The van der Waals surface area contributed by atoms with E-state index in [1.54, 1.807) is 7.11 Å². The number of fused-ring (bicyclic) bond motifs is 1. The molecule has 1 unspecified atom stereocenters. The first-order valence-corrected chi connectivity index (χ1v) is 5.55. The van der Waals surface area contributed by atoms with Crippen LogP contribution in [0, 0.1) is 0 Å². The fourth-order valence-electron chi connectivity index (χ4n) is 2.43. The Bertz CT molecular complexity index is 395. The van der Waals surface area contributed by atoms with Crippen molar-refractivity contribution < 1.29 is 9.84 Å². The van der Waals surface area contributed by atoms with E-state index in [9.17, 15) is 5.11 Å². The third kappa shape index (κ3) is 1.76. The summed E-state index contributed by atoms with van der Waals surface area (Å²) in [5.41, 5.74) is 1.74. The molecule has 1 aromatic carbocycles. The minimum Gasteiger partial charge on any atom is -0.497 e. The summed E-state index contributed by atoms with van der Waals surface area (Å²) in [7, 11) is 3.70. The minimum atomic E-state index is -0.693. The minimum absolute atomic E-state index is 0.134. The van der Waals surface area contributed by atoms with Crippen LogP contribution in [0.25, 0.3) is 0 Å². The molecule has 0 aliphatic carbocycles. The van der Waals surface area contributed by atoms with E-state index < -0.39 is 5.60 Å². The van der Waals surface area contributed by atoms with E-state index >= 15 is 0 Å². The third-order valence-corrected chi connectivity index (χ3v) is 3.36. The Balaban J connectivity index is 2.34. The molecule has 1 aromatic rings. The number of ether oxygens (including phenoxy) is 1. The van der Waals surface area contributed by atoms with Crippen molar-refractivity contribution >= 4 is 5.69 Å². The first-order valence-electron chi connectivity index (χ1n) is 5.55. The number of benzene rings is 1. The van der Waals surface area contributed by atoms with Gasteiger partial charge in [0.1, 0.15) is 5.75 Å².